The summed E-state index contributed by atoms with van der Waals surface area (Å²) < 4.78 is 0. The molecular weight excluding hydrogens is 196 g/mol. The summed E-state index contributed by atoms with van der Waals surface area (Å²) in [5.41, 5.74) is 0.228. The van der Waals surface area contributed by atoms with E-state index in [1.807, 2.05) is 0 Å². The average molecular weight is 199 g/mol. The fourth-order valence-corrected chi connectivity index (χ4v) is 0.887. The normalized spacial score (nSPS) is 7.83. The van der Waals surface area contributed by atoms with Gasteiger partial charge in [0.1, 0.15) is 5.15 Å². The smallest absolute Gasteiger partial charge is 0.870 e. The molecule has 0 bridgehead atoms. The van der Waals surface area contributed by atoms with E-state index in [2.05, 4.69) is 4.98 Å². The molecular formula is C6H3Cl2LiNO2-. The Morgan fingerprint density at radius 1 is 1.42 bits per heavy atom. The Hall–Kier alpha value is -0.0426. The molecule has 1 heterocycles. The number of rotatable bonds is 1. The van der Waals surface area contributed by atoms with E-state index in [0.717, 1.165) is 0 Å². The van der Waals surface area contributed by atoms with Crippen LogP contribution in [0, 0.1) is 0 Å². The van der Waals surface area contributed by atoms with Gasteiger partial charge in [-0.3, -0.25) is 0 Å². The molecule has 0 aliphatic heterocycles. The van der Waals surface area contributed by atoms with Crippen molar-refractivity contribution in [2.75, 3.05) is 0 Å². The summed E-state index contributed by atoms with van der Waals surface area (Å²) in [4.78, 5) is 13.7. The molecule has 3 nitrogen and oxygen atoms in total. The van der Waals surface area contributed by atoms with Gasteiger partial charge in [-0.2, -0.15) is 11.6 Å². The van der Waals surface area contributed by atoms with E-state index in [0.29, 0.717) is 0 Å². The van der Waals surface area contributed by atoms with Crippen molar-refractivity contribution in [1.29, 1.82) is 0 Å². The molecule has 0 saturated heterocycles. The fourth-order valence-electron chi connectivity index (χ4n) is 0.483. The van der Waals surface area contributed by atoms with E-state index in [4.69, 9.17) is 23.2 Å². The molecule has 0 radical (unpaired) electrons. The first-order chi connectivity index (χ1) is 4.74. The zero-order valence-corrected chi connectivity index (χ0v) is 7.73. The van der Waals surface area contributed by atoms with Crippen LogP contribution in [0.4, 0.5) is 0 Å². The van der Waals surface area contributed by atoms with Gasteiger partial charge in [0.25, 0.3) is 0 Å². The van der Waals surface area contributed by atoms with Crippen LogP contribution in [0.2, 0.25) is 10.2 Å². The van der Waals surface area contributed by atoms with Crippen LogP contribution in [0.1, 0.15) is 5.56 Å². The molecule has 0 atom stereocenters. The summed E-state index contributed by atoms with van der Waals surface area (Å²) >= 11 is 11.0. The largest absolute Gasteiger partial charge is 1.00 e. The molecule has 1 aromatic rings. The summed E-state index contributed by atoms with van der Waals surface area (Å²) in [6.07, 6.45) is 2.89. The maximum atomic E-state index is 10.0. The van der Waals surface area contributed by atoms with Gasteiger partial charge in [0.05, 0.1) is 6.29 Å². The second kappa shape index (κ2) is 6.47. The van der Waals surface area contributed by atoms with Crippen LogP contribution in [-0.2, 0) is 4.79 Å². The van der Waals surface area contributed by atoms with Crippen LogP contribution in [0.5, 0.6) is 0 Å². The van der Waals surface area contributed by atoms with E-state index in [1.54, 1.807) is 6.29 Å². The summed E-state index contributed by atoms with van der Waals surface area (Å²) in [6, 6.07) is 1.39. The van der Waals surface area contributed by atoms with Gasteiger partial charge in [0.2, 0.25) is 0 Å². The molecule has 1 aromatic heterocycles. The number of halogens is 2. The van der Waals surface area contributed by atoms with Crippen LogP contribution in [0.15, 0.2) is 12.3 Å². The first-order valence-corrected chi connectivity index (χ1v) is 3.19. The molecule has 60 valence electrons. The zero-order chi connectivity index (χ0) is 7.56. The van der Waals surface area contributed by atoms with E-state index in [1.165, 1.54) is 12.3 Å². The third-order valence-corrected chi connectivity index (χ3v) is 1.45. The summed E-state index contributed by atoms with van der Waals surface area (Å²) in [6.45, 7) is 0. The molecule has 1 rings (SSSR count). The molecule has 0 aliphatic carbocycles. The fraction of sp³-hybridized carbons (Fsp3) is 0. The maximum Gasteiger partial charge on any atom is 1.00 e. The van der Waals surface area contributed by atoms with Gasteiger partial charge in [-0.25, -0.2) is 0 Å². The second-order valence-electron chi connectivity index (χ2n) is 1.59. The van der Waals surface area contributed by atoms with Gasteiger partial charge < -0.3 is 15.3 Å². The monoisotopic (exact) mass is 198 g/mol. The molecule has 1 N–H and O–H groups in total. The third kappa shape index (κ3) is 3.57. The molecule has 0 saturated carbocycles. The topological polar surface area (TPSA) is 60.0 Å². The van der Waals surface area contributed by atoms with Crippen LogP contribution < -0.4 is 18.9 Å². The number of nitrogens with zero attached hydrogens (tertiary/aromatic N) is 1. The predicted molar refractivity (Wildman–Crippen MR) is 41.0 cm³/mol. The van der Waals surface area contributed by atoms with E-state index in [9.17, 15) is 4.79 Å². The predicted octanol–water partition coefficient (Wildman–Crippen LogP) is -1.33. The SMILES string of the molecule is O=[C-]c1cnc(Cl)cc1Cl.[Li+].[OH-]. The number of pyridine rings is 1. The number of aromatic nitrogens is 1. The van der Waals surface area contributed by atoms with Crippen molar-refractivity contribution in [3.63, 3.8) is 0 Å². The van der Waals surface area contributed by atoms with Gasteiger partial charge in [-0.1, -0.05) is 28.9 Å². The van der Waals surface area contributed by atoms with Crippen molar-refractivity contribution >= 4 is 29.5 Å². The van der Waals surface area contributed by atoms with Gasteiger partial charge >= 0.3 is 18.9 Å². The Morgan fingerprint density at radius 2 is 2.00 bits per heavy atom. The quantitative estimate of drug-likeness (QED) is 0.320. The molecule has 0 spiro atoms. The first-order valence-electron chi connectivity index (χ1n) is 2.43. The molecule has 12 heavy (non-hydrogen) atoms. The Bertz CT molecular complexity index is 270. The Balaban J connectivity index is 0. The van der Waals surface area contributed by atoms with Crippen molar-refractivity contribution in [3.8, 4) is 0 Å². The Kier molecular flexibility index (Phi) is 7.81. The second-order valence-corrected chi connectivity index (χ2v) is 2.38. The van der Waals surface area contributed by atoms with E-state index in [-0.39, 0.29) is 40.1 Å². The molecule has 0 unspecified atom stereocenters. The zero-order valence-electron chi connectivity index (χ0n) is 6.21. The van der Waals surface area contributed by atoms with Crippen LogP contribution in [-0.4, -0.2) is 16.7 Å². The van der Waals surface area contributed by atoms with Crippen molar-refractivity contribution in [3.05, 3.63) is 28.0 Å². The summed E-state index contributed by atoms with van der Waals surface area (Å²) in [5.74, 6) is 0. The standard InChI is InChI=1S/C6H2Cl2NO.Li.H2O/c7-5-1-6(8)9-2-4(5)3-10;;/h1-2H;;1H2/q-1;+1;/p-1. The van der Waals surface area contributed by atoms with Crippen molar-refractivity contribution in [2.24, 2.45) is 0 Å². The average Bonchev–Trinajstić information content (AvgIpc) is 1.88. The van der Waals surface area contributed by atoms with Gasteiger partial charge in [0.15, 0.2) is 0 Å². The minimum Gasteiger partial charge on any atom is -0.870 e. The Morgan fingerprint density at radius 3 is 2.42 bits per heavy atom. The molecule has 6 heteroatoms. The van der Waals surface area contributed by atoms with Crippen molar-refractivity contribution in [1.82, 2.24) is 4.98 Å². The maximum absolute atomic E-state index is 10.0. The minimum absolute atomic E-state index is 0. The number of hydrogen-bond acceptors (Lipinski definition) is 3. The van der Waals surface area contributed by atoms with Gasteiger partial charge in [-0.15, -0.1) is 5.56 Å². The van der Waals surface area contributed by atoms with E-state index < -0.39 is 0 Å². The van der Waals surface area contributed by atoms with Crippen LogP contribution >= 0.6 is 23.2 Å². The first kappa shape index (κ1) is 14.5. The summed E-state index contributed by atoms with van der Waals surface area (Å²) in [7, 11) is 0. The summed E-state index contributed by atoms with van der Waals surface area (Å²) in [5, 5.41) is 0.541. The van der Waals surface area contributed by atoms with Crippen LogP contribution in [0.25, 0.3) is 0 Å². The van der Waals surface area contributed by atoms with Gasteiger partial charge in [-0.05, 0) is 0 Å². The number of carbonyl (C=O) groups excluding carboxylic acids is 1. The third-order valence-electron chi connectivity index (χ3n) is 0.930. The number of hydrogen-bond donors (Lipinski definition) is 0. The van der Waals surface area contributed by atoms with Gasteiger partial charge in [0, 0.05) is 0 Å². The molecule has 0 amide bonds. The van der Waals surface area contributed by atoms with Crippen molar-refractivity contribution in [2.45, 2.75) is 0 Å². The minimum atomic E-state index is 0. The molecule has 0 aliphatic rings. The Labute approximate surface area is 91.6 Å². The van der Waals surface area contributed by atoms with Crippen molar-refractivity contribution < 1.29 is 29.1 Å². The van der Waals surface area contributed by atoms with E-state index >= 15 is 0 Å². The molecule has 0 aromatic carbocycles. The van der Waals surface area contributed by atoms with Crippen LogP contribution in [0.3, 0.4) is 0 Å². The molecule has 0 fully saturated rings.